The Morgan fingerprint density at radius 1 is 1.44 bits per heavy atom. The monoisotopic (exact) mass is 264 g/mol. The van der Waals surface area contributed by atoms with Crippen LogP contribution in [0.4, 0.5) is 0 Å². The molecule has 0 bridgehead atoms. The van der Waals surface area contributed by atoms with Crippen molar-refractivity contribution in [1.29, 1.82) is 0 Å². The number of carbonyl (C=O) groups is 1. The molecule has 1 heterocycles. The van der Waals surface area contributed by atoms with Crippen molar-refractivity contribution in [3.8, 4) is 0 Å². The van der Waals surface area contributed by atoms with Gasteiger partial charge in [0.1, 0.15) is 0 Å². The maximum atomic E-state index is 11.8. The SMILES string of the molecule is CCc1ccc(C=NNC(=O)C2CCCCC2)s1. The first-order valence-electron chi connectivity index (χ1n) is 6.71. The van der Waals surface area contributed by atoms with Crippen molar-refractivity contribution in [1.82, 2.24) is 5.43 Å². The minimum absolute atomic E-state index is 0.0817. The number of hydrogen-bond acceptors (Lipinski definition) is 3. The quantitative estimate of drug-likeness (QED) is 0.657. The predicted octanol–water partition coefficient (Wildman–Crippen LogP) is 3.34. The number of aryl methyl sites for hydroxylation is 1. The molecule has 0 aliphatic heterocycles. The van der Waals surface area contributed by atoms with Gasteiger partial charge in [0.25, 0.3) is 0 Å². The van der Waals surface area contributed by atoms with Gasteiger partial charge in [0.2, 0.25) is 5.91 Å². The molecule has 1 aromatic heterocycles. The van der Waals surface area contributed by atoms with Crippen LogP contribution in [0.2, 0.25) is 0 Å². The number of hydrogen-bond donors (Lipinski definition) is 1. The molecule has 18 heavy (non-hydrogen) atoms. The summed E-state index contributed by atoms with van der Waals surface area (Å²) in [7, 11) is 0. The van der Waals surface area contributed by atoms with Crippen LogP contribution in [0, 0.1) is 5.92 Å². The van der Waals surface area contributed by atoms with E-state index in [9.17, 15) is 4.79 Å². The molecule has 1 N–H and O–H groups in total. The first-order valence-corrected chi connectivity index (χ1v) is 7.53. The third-order valence-corrected chi connectivity index (χ3v) is 4.54. The Morgan fingerprint density at radius 2 is 2.22 bits per heavy atom. The largest absolute Gasteiger partial charge is 0.273 e. The van der Waals surface area contributed by atoms with Gasteiger partial charge >= 0.3 is 0 Å². The van der Waals surface area contributed by atoms with Gasteiger partial charge in [-0.3, -0.25) is 4.79 Å². The molecule has 1 aliphatic carbocycles. The Bertz CT molecular complexity index is 419. The molecule has 0 unspecified atom stereocenters. The molecule has 1 amide bonds. The highest BCUT2D eigenvalue weighted by molar-refractivity contribution is 7.13. The summed E-state index contributed by atoms with van der Waals surface area (Å²) >= 11 is 1.72. The maximum absolute atomic E-state index is 11.8. The topological polar surface area (TPSA) is 41.5 Å². The number of rotatable bonds is 4. The van der Waals surface area contributed by atoms with Crippen LogP contribution >= 0.6 is 11.3 Å². The lowest BCUT2D eigenvalue weighted by atomic mass is 9.89. The van der Waals surface area contributed by atoms with Crippen molar-refractivity contribution >= 4 is 23.5 Å². The van der Waals surface area contributed by atoms with Crippen LogP contribution in [0.25, 0.3) is 0 Å². The second-order valence-corrected chi connectivity index (χ2v) is 5.93. The average Bonchev–Trinajstić information content (AvgIpc) is 2.87. The lowest BCUT2D eigenvalue weighted by Crippen LogP contribution is -2.28. The lowest BCUT2D eigenvalue weighted by Gasteiger charge is -2.19. The van der Waals surface area contributed by atoms with Gasteiger partial charge in [0.05, 0.1) is 6.21 Å². The van der Waals surface area contributed by atoms with E-state index in [-0.39, 0.29) is 11.8 Å². The maximum Gasteiger partial charge on any atom is 0.243 e. The number of hydrazone groups is 1. The minimum Gasteiger partial charge on any atom is -0.273 e. The molecule has 1 aromatic rings. The third kappa shape index (κ3) is 3.67. The number of thiophene rings is 1. The van der Waals surface area contributed by atoms with Gasteiger partial charge in [-0.15, -0.1) is 11.3 Å². The van der Waals surface area contributed by atoms with Crippen molar-refractivity contribution < 1.29 is 4.79 Å². The Morgan fingerprint density at radius 3 is 2.89 bits per heavy atom. The summed E-state index contributed by atoms with van der Waals surface area (Å²) in [6.45, 7) is 2.14. The van der Waals surface area contributed by atoms with Crippen LogP contribution in [0.5, 0.6) is 0 Å². The van der Waals surface area contributed by atoms with Gasteiger partial charge in [0.15, 0.2) is 0 Å². The molecule has 0 spiro atoms. The van der Waals surface area contributed by atoms with E-state index in [0.29, 0.717) is 0 Å². The molecule has 1 fully saturated rings. The molecular weight excluding hydrogens is 244 g/mol. The van der Waals surface area contributed by atoms with Crippen LogP contribution in [0.15, 0.2) is 17.2 Å². The molecular formula is C14H20N2OS. The normalized spacial score (nSPS) is 17.2. The van der Waals surface area contributed by atoms with Gasteiger partial charge in [-0.2, -0.15) is 5.10 Å². The van der Waals surface area contributed by atoms with Gasteiger partial charge in [-0.1, -0.05) is 26.2 Å². The summed E-state index contributed by atoms with van der Waals surface area (Å²) < 4.78 is 0. The minimum atomic E-state index is 0.0817. The van der Waals surface area contributed by atoms with E-state index in [1.807, 2.05) is 6.07 Å². The van der Waals surface area contributed by atoms with Crippen LogP contribution in [-0.4, -0.2) is 12.1 Å². The molecule has 0 aromatic carbocycles. The van der Waals surface area contributed by atoms with Crippen molar-refractivity contribution in [3.63, 3.8) is 0 Å². The molecule has 1 saturated carbocycles. The predicted molar refractivity (Wildman–Crippen MR) is 76.0 cm³/mol. The fourth-order valence-electron chi connectivity index (χ4n) is 2.27. The first kappa shape index (κ1) is 13.3. The number of nitrogens with zero attached hydrogens (tertiary/aromatic N) is 1. The molecule has 4 heteroatoms. The zero-order valence-corrected chi connectivity index (χ0v) is 11.6. The van der Waals surface area contributed by atoms with E-state index < -0.39 is 0 Å². The van der Waals surface area contributed by atoms with Crippen molar-refractivity contribution in [2.24, 2.45) is 11.0 Å². The van der Waals surface area contributed by atoms with Crippen molar-refractivity contribution in [2.75, 3.05) is 0 Å². The summed E-state index contributed by atoms with van der Waals surface area (Å²) in [6.07, 6.45) is 8.43. The first-order chi connectivity index (χ1) is 8.79. The van der Waals surface area contributed by atoms with E-state index in [1.54, 1.807) is 17.6 Å². The van der Waals surface area contributed by atoms with Gasteiger partial charge < -0.3 is 0 Å². The number of nitrogens with one attached hydrogen (secondary N) is 1. The zero-order chi connectivity index (χ0) is 12.8. The fraction of sp³-hybridized carbons (Fsp3) is 0.571. The summed E-state index contributed by atoms with van der Waals surface area (Å²) in [6, 6.07) is 4.15. The number of carbonyl (C=O) groups excluding carboxylic acids is 1. The van der Waals surface area contributed by atoms with Gasteiger partial charge in [0, 0.05) is 15.7 Å². The van der Waals surface area contributed by atoms with E-state index >= 15 is 0 Å². The molecule has 3 nitrogen and oxygen atoms in total. The molecule has 98 valence electrons. The van der Waals surface area contributed by atoms with Gasteiger partial charge in [-0.05, 0) is 31.4 Å². The summed E-state index contributed by atoms with van der Waals surface area (Å²) in [5.41, 5.74) is 2.67. The third-order valence-electron chi connectivity index (χ3n) is 3.37. The van der Waals surface area contributed by atoms with E-state index in [0.717, 1.165) is 24.1 Å². The van der Waals surface area contributed by atoms with E-state index in [2.05, 4.69) is 23.5 Å². The Kier molecular flexibility index (Phi) is 4.93. The molecule has 0 radical (unpaired) electrons. The summed E-state index contributed by atoms with van der Waals surface area (Å²) in [5, 5.41) is 4.05. The summed E-state index contributed by atoms with van der Waals surface area (Å²) in [5.74, 6) is 0.253. The zero-order valence-electron chi connectivity index (χ0n) is 10.8. The molecule has 0 atom stereocenters. The molecule has 0 saturated heterocycles. The van der Waals surface area contributed by atoms with Crippen LogP contribution in [0.3, 0.4) is 0 Å². The van der Waals surface area contributed by atoms with Crippen molar-refractivity contribution in [3.05, 3.63) is 21.9 Å². The van der Waals surface area contributed by atoms with Crippen molar-refractivity contribution in [2.45, 2.75) is 45.4 Å². The smallest absolute Gasteiger partial charge is 0.243 e. The second-order valence-electron chi connectivity index (χ2n) is 4.73. The standard InChI is InChI=1S/C14H20N2OS/c1-2-12-8-9-13(18-12)10-15-16-14(17)11-6-4-3-5-7-11/h8-11H,2-7H2,1H3,(H,16,17). The molecule has 2 rings (SSSR count). The molecule has 1 aliphatic rings. The Labute approximate surface area is 112 Å². The lowest BCUT2D eigenvalue weighted by molar-refractivity contribution is -0.125. The Hall–Kier alpha value is -1.16. The van der Waals surface area contributed by atoms with E-state index in [1.165, 1.54) is 24.1 Å². The highest BCUT2D eigenvalue weighted by Gasteiger charge is 2.20. The average molecular weight is 264 g/mol. The van der Waals surface area contributed by atoms with Crippen LogP contribution in [0.1, 0.15) is 48.8 Å². The second kappa shape index (κ2) is 6.69. The highest BCUT2D eigenvalue weighted by Crippen LogP contribution is 2.23. The Balaban J connectivity index is 1.81. The van der Waals surface area contributed by atoms with Gasteiger partial charge in [-0.25, -0.2) is 5.43 Å². The summed E-state index contributed by atoms with van der Waals surface area (Å²) in [4.78, 5) is 14.3. The number of amides is 1. The van der Waals surface area contributed by atoms with Crippen LogP contribution in [-0.2, 0) is 11.2 Å². The van der Waals surface area contributed by atoms with E-state index in [4.69, 9.17) is 0 Å². The fourth-order valence-corrected chi connectivity index (χ4v) is 3.09. The van der Waals surface area contributed by atoms with Crippen LogP contribution < -0.4 is 5.43 Å². The highest BCUT2D eigenvalue weighted by atomic mass is 32.1.